The molecule has 0 fully saturated rings. The van der Waals surface area contributed by atoms with E-state index in [0.717, 1.165) is 32.4 Å². The molecule has 1 aromatic heterocycles. The number of aromatic nitrogens is 1. The van der Waals surface area contributed by atoms with E-state index >= 15 is 0 Å². The number of rotatable bonds is 10. The minimum atomic E-state index is -0.183. The van der Waals surface area contributed by atoms with Gasteiger partial charge in [-0.1, -0.05) is 25.4 Å². The van der Waals surface area contributed by atoms with Crippen molar-refractivity contribution < 1.29 is 9.53 Å². The fourth-order valence-corrected chi connectivity index (χ4v) is 1.87. The highest BCUT2D eigenvalue weighted by atomic mass is 35.5. The molecular formula is C15H24ClN3O2. The zero-order chi connectivity index (χ0) is 15.5. The number of carbonyl (C=O) groups is 1. The summed E-state index contributed by atoms with van der Waals surface area (Å²) in [6.07, 6.45) is 4.28. The third kappa shape index (κ3) is 6.78. The summed E-state index contributed by atoms with van der Waals surface area (Å²) < 4.78 is 5.36. The maximum Gasteiger partial charge on any atom is 0.252 e. The van der Waals surface area contributed by atoms with Crippen LogP contribution >= 0.6 is 11.6 Å². The Hall–Kier alpha value is -1.33. The Balaban J connectivity index is 2.45. The number of halogens is 1. The summed E-state index contributed by atoms with van der Waals surface area (Å²) in [5.41, 5.74) is 0.444. The van der Waals surface area contributed by atoms with Crippen LogP contribution in [0.1, 0.15) is 43.5 Å². The predicted octanol–water partition coefficient (Wildman–Crippen LogP) is 3.10. The molecule has 1 amide bonds. The van der Waals surface area contributed by atoms with Gasteiger partial charge in [-0.2, -0.15) is 0 Å². The van der Waals surface area contributed by atoms with E-state index in [2.05, 4.69) is 29.5 Å². The summed E-state index contributed by atoms with van der Waals surface area (Å²) in [7, 11) is 0. The summed E-state index contributed by atoms with van der Waals surface area (Å²) in [6.45, 7) is 6.93. The number of nitrogens with zero attached hydrogens (tertiary/aromatic N) is 1. The van der Waals surface area contributed by atoms with Gasteiger partial charge in [0.1, 0.15) is 5.82 Å². The topological polar surface area (TPSA) is 63.2 Å². The van der Waals surface area contributed by atoms with Gasteiger partial charge in [0.05, 0.1) is 10.6 Å². The van der Waals surface area contributed by atoms with Crippen LogP contribution in [0, 0.1) is 0 Å². The molecule has 1 rings (SSSR count). The van der Waals surface area contributed by atoms with Crippen LogP contribution in [0.25, 0.3) is 0 Å². The van der Waals surface area contributed by atoms with Gasteiger partial charge in [0.2, 0.25) is 0 Å². The molecule has 5 nitrogen and oxygen atoms in total. The maximum atomic E-state index is 12.1. The molecular weight excluding hydrogens is 290 g/mol. The minimum absolute atomic E-state index is 0.183. The predicted molar refractivity (Wildman–Crippen MR) is 86.1 cm³/mol. The van der Waals surface area contributed by atoms with Crippen molar-refractivity contribution in [1.29, 1.82) is 0 Å². The van der Waals surface area contributed by atoms with Crippen molar-refractivity contribution in [2.45, 2.75) is 33.1 Å². The number of amides is 1. The van der Waals surface area contributed by atoms with Crippen molar-refractivity contribution in [2.24, 2.45) is 0 Å². The summed E-state index contributed by atoms with van der Waals surface area (Å²) in [5, 5.41) is 6.34. The van der Waals surface area contributed by atoms with Crippen LogP contribution in [-0.2, 0) is 4.74 Å². The van der Waals surface area contributed by atoms with Crippen LogP contribution in [0.15, 0.2) is 12.3 Å². The van der Waals surface area contributed by atoms with E-state index in [0.29, 0.717) is 29.6 Å². The summed E-state index contributed by atoms with van der Waals surface area (Å²) in [6, 6.07) is 1.68. The molecule has 0 spiro atoms. The highest BCUT2D eigenvalue weighted by Gasteiger charge is 2.11. The number of hydrogen-bond acceptors (Lipinski definition) is 4. The quantitative estimate of drug-likeness (QED) is 0.652. The van der Waals surface area contributed by atoms with E-state index < -0.39 is 0 Å². The standard InChI is InChI=1S/C15H24ClN3O2/c1-3-6-17-14-10-12(13(16)11-19-14)15(20)18-7-5-9-21-8-4-2/h10-11H,3-9H2,1-2H3,(H,17,19)(H,18,20). The van der Waals surface area contributed by atoms with Crippen LogP contribution in [0.3, 0.4) is 0 Å². The Labute approximate surface area is 131 Å². The average Bonchev–Trinajstić information content (AvgIpc) is 2.49. The van der Waals surface area contributed by atoms with Crippen molar-refractivity contribution >= 4 is 23.3 Å². The van der Waals surface area contributed by atoms with Gasteiger partial charge in [0, 0.05) is 32.5 Å². The highest BCUT2D eigenvalue weighted by molar-refractivity contribution is 6.33. The van der Waals surface area contributed by atoms with Crippen LogP contribution in [-0.4, -0.2) is 37.2 Å². The lowest BCUT2D eigenvalue weighted by Gasteiger charge is -2.09. The number of carbonyl (C=O) groups excluding carboxylic acids is 1. The van der Waals surface area contributed by atoms with Crippen LogP contribution in [0.4, 0.5) is 5.82 Å². The zero-order valence-corrected chi connectivity index (χ0v) is 13.5. The Bertz CT molecular complexity index is 441. The minimum Gasteiger partial charge on any atom is -0.381 e. The largest absolute Gasteiger partial charge is 0.381 e. The molecule has 1 heterocycles. The molecule has 0 bridgehead atoms. The lowest BCUT2D eigenvalue weighted by molar-refractivity contribution is 0.0941. The highest BCUT2D eigenvalue weighted by Crippen LogP contribution is 2.17. The Morgan fingerprint density at radius 2 is 2.10 bits per heavy atom. The first-order chi connectivity index (χ1) is 10.2. The summed E-state index contributed by atoms with van der Waals surface area (Å²) in [4.78, 5) is 16.2. The van der Waals surface area contributed by atoms with Gasteiger partial charge in [-0.3, -0.25) is 4.79 Å². The molecule has 118 valence electrons. The lowest BCUT2D eigenvalue weighted by atomic mass is 10.2. The molecule has 0 saturated heterocycles. The fourth-order valence-electron chi connectivity index (χ4n) is 1.68. The third-order valence-electron chi connectivity index (χ3n) is 2.76. The van der Waals surface area contributed by atoms with Crippen LogP contribution in [0.2, 0.25) is 5.02 Å². The fraction of sp³-hybridized carbons (Fsp3) is 0.600. The molecule has 1 aromatic rings. The van der Waals surface area contributed by atoms with E-state index in [9.17, 15) is 4.79 Å². The number of pyridine rings is 1. The van der Waals surface area contributed by atoms with Gasteiger partial charge in [0.25, 0.3) is 5.91 Å². The van der Waals surface area contributed by atoms with Crippen LogP contribution in [0.5, 0.6) is 0 Å². The first kappa shape index (κ1) is 17.7. The second-order valence-electron chi connectivity index (χ2n) is 4.70. The van der Waals surface area contributed by atoms with E-state index in [1.165, 1.54) is 6.20 Å². The van der Waals surface area contributed by atoms with Gasteiger partial charge in [-0.25, -0.2) is 4.98 Å². The van der Waals surface area contributed by atoms with Crippen molar-refractivity contribution in [1.82, 2.24) is 10.3 Å². The molecule has 21 heavy (non-hydrogen) atoms. The third-order valence-corrected chi connectivity index (χ3v) is 3.06. The molecule has 0 aromatic carbocycles. The molecule has 2 N–H and O–H groups in total. The molecule has 0 atom stereocenters. The Morgan fingerprint density at radius 1 is 1.29 bits per heavy atom. The molecule has 6 heteroatoms. The number of nitrogens with one attached hydrogen (secondary N) is 2. The second kappa shape index (κ2) is 10.4. The van der Waals surface area contributed by atoms with Gasteiger partial charge in [0.15, 0.2) is 0 Å². The second-order valence-corrected chi connectivity index (χ2v) is 5.11. The molecule has 0 radical (unpaired) electrons. The number of ether oxygens (including phenoxy) is 1. The van der Waals surface area contributed by atoms with Crippen molar-refractivity contribution in [3.8, 4) is 0 Å². The normalized spacial score (nSPS) is 10.4. The maximum absolute atomic E-state index is 12.1. The molecule has 0 saturated carbocycles. The first-order valence-electron chi connectivity index (χ1n) is 7.44. The first-order valence-corrected chi connectivity index (χ1v) is 7.82. The van der Waals surface area contributed by atoms with Crippen molar-refractivity contribution in [3.63, 3.8) is 0 Å². The summed E-state index contributed by atoms with van der Waals surface area (Å²) >= 11 is 6.03. The lowest BCUT2D eigenvalue weighted by Crippen LogP contribution is -2.25. The van der Waals surface area contributed by atoms with E-state index in [1.54, 1.807) is 6.07 Å². The monoisotopic (exact) mass is 313 g/mol. The van der Waals surface area contributed by atoms with Gasteiger partial charge in [-0.15, -0.1) is 0 Å². The number of hydrogen-bond donors (Lipinski definition) is 2. The van der Waals surface area contributed by atoms with Crippen LogP contribution < -0.4 is 10.6 Å². The zero-order valence-electron chi connectivity index (χ0n) is 12.7. The number of anilines is 1. The van der Waals surface area contributed by atoms with Crippen molar-refractivity contribution in [3.05, 3.63) is 22.8 Å². The summed E-state index contributed by atoms with van der Waals surface area (Å²) in [5.74, 6) is 0.482. The van der Waals surface area contributed by atoms with Gasteiger partial charge < -0.3 is 15.4 Å². The van der Waals surface area contributed by atoms with E-state index in [1.807, 2.05) is 0 Å². The van der Waals surface area contributed by atoms with Gasteiger partial charge in [-0.05, 0) is 25.3 Å². The molecule has 0 unspecified atom stereocenters. The molecule has 0 aliphatic heterocycles. The average molecular weight is 314 g/mol. The van der Waals surface area contributed by atoms with Gasteiger partial charge >= 0.3 is 0 Å². The smallest absolute Gasteiger partial charge is 0.252 e. The SMILES string of the molecule is CCCNc1cc(C(=O)NCCCOCCC)c(Cl)cn1. The molecule has 0 aliphatic rings. The Morgan fingerprint density at radius 3 is 2.81 bits per heavy atom. The molecule has 0 aliphatic carbocycles. The van der Waals surface area contributed by atoms with Crippen molar-refractivity contribution in [2.75, 3.05) is 31.6 Å². The van der Waals surface area contributed by atoms with E-state index in [4.69, 9.17) is 16.3 Å². The Kier molecular flexibility index (Phi) is 8.78. The van der Waals surface area contributed by atoms with E-state index in [-0.39, 0.29) is 5.91 Å².